The Hall–Kier alpha value is -1.90. The smallest absolute Gasteiger partial charge is 0.222 e. The maximum absolute atomic E-state index is 13.4. The molecule has 2 saturated heterocycles. The number of benzene rings is 1. The second-order valence-electron chi connectivity index (χ2n) is 12.2. The van der Waals surface area contributed by atoms with Crippen molar-refractivity contribution < 1.29 is 9.59 Å². The number of pyridine rings is 1. The highest BCUT2D eigenvalue weighted by molar-refractivity contribution is 9.10. The maximum Gasteiger partial charge on any atom is 0.222 e. The van der Waals surface area contributed by atoms with E-state index in [1.165, 1.54) is 16.7 Å². The van der Waals surface area contributed by atoms with Gasteiger partial charge in [0.15, 0.2) is 0 Å². The number of piperidine rings is 2. The third-order valence-electron chi connectivity index (χ3n) is 9.35. The Morgan fingerprint density at radius 3 is 2.29 bits per heavy atom. The van der Waals surface area contributed by atoms with Crippen LogP contribution in [-0.2, 0) is 22.4 Å². The van der Waals surface area contributed by atoms with Crippen molar-refractivity contribution in [2.75, 3.05) is 26.2 Å². The zero-order valence-electron chi connectivity index (χ0n) is 24.2. The van der Waals surface area contributed by atoms with E-state index in [1.807, 2.05) is 17.2 Å². The normalized spacial score (nSPS) is 19.6. The zero-order chi connectivity index (χ0) is 29.8. The van der Waals surface area contributed by atoms with E-state index in [-0.39, 0.29) is 17.7 Å². The topological polar surface area (TPSA) is 79.5 Å². The molecule has 1 atom stereocenters. The second-order valence-corrected chi connectivity index (χ2v) is 14.5. The number of nitrogens with two attached hydrogens (primary N) is 1. The van der Waals surface area contributed by atoms with Crippen molar-refractivity contribution in [2.24, 2.45) is 17.6 Å². The van der Waals surface area contributed by atoms with Gasteiger partial charge in [0.1, 0.15) is 0 Å². The highest BCUT2D eigenvalue weighted by atomic mass is 79.9. The molecule has 0 unspecified atom stereocenters. The lowest BCUT2D eigenvalue weighted by molar-refractivity contribution is -0.135. The molecule has 2 aromatic rings. The lowest BCUT2D eigenvalue weighted by atomic mass is 9.76. The van der Waals surface area contributed by atoms with Gasteiger partial charge in [0, 0.05) is 70.8 Å². The van der Waals surface area contributed by atoms with Crippen molar-refractivity contribution >= 4 is 55.3 Å². The SMILES string of the molecule is C=C(N)CCCCC(=O)N1CCC(CC(=O)N2CCC([C@H]3c4ncc(Br)cc4CCc4cc(Cl)cc(Br)c43)CC2)CC1. The monoisotopic (exact) mass is 718 g/mol. The number of rotatable bonds is 8. The largest absolute Gasteiger partial charge is 0.403 e. The predicted octanol–water partition coefficient (Wildman–Crippen LogP) is 7.39. The van der Waals surface area contributed by atoms with Crippen LogP contribution in [0.25, 0.3) is 0 Å². The molecular weight excluding hydrogens is 680 g/mol. The van der Waals surface area contributed by atoms with E-state index in [1.54, 1.807) is 0 Å². The molecule has 0 spiro atoms. The molecule has 3 aliphatic rings. The number of carbonyl (C=O) groups excluding carboxylic acids is 2. The fraction of sp³-hybridized carbons (Fsp3) is 0.545. The summed E-state index contributed by atoms with van der Waals surface area (Å²) in [6.07, 6.45) is 11.2. The van der Waals surface area contributed by atoms with Gasteiger partial charge >= 0.3 is 0 Å². The summed E-state index contributed by atoms with van der Waals surface area (Å²) in [6.45, 7) is 6.79. The molecule has 3 heterocycles. The molecule has 1 aromatic heterocycles. The van der Waals surface area contributed by atoms with Crippen LogP contribution in [-0.4, -0.2) is 52.8 Å². The van der Waals surface area contributed by atoms with E-state index >= 15 is 0 Å². The third-order valence-corrected chi connectivity index (χ3v) is 10.7. The second kappa shape index (κ2) is 14.3. The molecule has 2 amide bonds. The first-order chi connectivity index (χ1) is 20.2. The lowest BCUT2D eigenvalue weighted by Gasteiger charge is -2.38. The van der Waals surface area contributed by atoms with Gasteiger partial charge in [-0.3, -0.25) is 14.6 Å². The van der Waals surface area contributed by atoms with E-state index in [2.05, 4.69) is 55.5 Å². The van der Waals surface area contributed by atoms with E-state index < -0.39 is 0 Å². The summed E-state index contributed by atoms with van der Waals surface area (Å²) in [7, 11) is 0. The summed E-state index contributed by atoms with van der Waals surface area (Å²) in [5, 5.41) is 0.754. The van der Waals surface area contributed by atoms with E-state index in [0.29, 0.717) is 30.4 Å². The van der Waals surface area contributed by atoms with Crippen molar-refractivity contribution in [1.82, 2.24) is 14.8 Å². The van der Waals surface area contributed by atoms with Gasteiger partial charge in [0.2, 0.25) is 11.8 Å². The fourth-order valence-corrected chi connectivity index (χ4v) is 8.56. The average molecular weight is 721 g/mol. The molecular formula is C33H41Br2ClN4O2. The Balaban J connectivity index is 1.17. The number of halogens is 3. The summed E-state index contributed by atoms with van der Waals surface area (Å²) >= 11 is 13.9. The van der Waals surface area contributed by atoms with Gasteiger partial charge in [-0.2, -0.15) is 0 Å². The molecule has 1 aromatic carbocycles. The number of allylic oxidation sites excluding steroid dienone is 1. The zero-order valence-corrected chi connectivity index (χ0v) is 28.2. The first-order valence-corrected chi connectivity index (χ1v) is 17.3. The van der Waals surface area contributed by atoms with Crippen LogP contribution < -0.4 is 5.73 Å². The van der Waals surface area contributed by atoms with Gasteiger partial charge in [-0.25, -0.2) is 0 Å². The van der Waals surface area contributed by atoms with Crippen molar-refractivity contribution in [1.29, 1.82) is 0 Å². The fourth-order valence-electron chi connectivity index (χ4n) is 7.06. The summed E-state index contributed by atoms with van der Waals surface area (Å²) in [5.74, 6) is 1.40. The first-order valence-electron chi connectivity index (χ1n) is 15.3. The van der Waals surface area contributed by atoms with E-state index in [0.717, 1.165) is 104 Å². The summed E-state index contributed by atoms with van der Waals surface area (Å²) < 4.78 is 2.06. The number of aryl methyl sites for hydroxylation is 2. The molecule has 42 heavy (non-hydrogen) atoms. The molecule has 9 heteroatoms. The van der Waals surface area contributed by atoms with Gasteiger partial charge in [0.25, 0.3) is 0 Å². The first kappa shape index (κ1) is 31.5. The Morgan fingerprint density at radius 1 is 0.929 bits per heavy atom. The molecule has 6 nitrogen and oxygen atoms in total. The Kier molecular flexibility index (Phi) is 10.7. The van der Waals surface area contributed by atoms with Crippen LogP contribution in [0.4, 0.5) is 0 Å². The molecule has 5 rings (SSSR count). The number of nitrogens with zero attached hydrogens (tertiary/aromatic N) is 3. The molecule has 0 bridgehead atoms. The van der Waals surface area contributed by atoms with E-state index in [4.69, 9.17) is 22.3 Å². The van der Waals surface area contributed by atoms with Crippen molar-refractivity contribution in [3.05, 3.63) is 73.0 Å². The van der Waals surface area contributed by atoms with E-state index in [9.17, 15) is 9.59 Å². The van der Waals surface area contributed by atoms with Crippen molar-refractivity contribution in [3.8, 4) is 0 Å². The molecule has 2 fully saturated rings. The van der Waals surface area contributed by atoms with Gasteiger partial charge in [-0.15, -0.1) is 0 Å². The number of likely N-dealkylation sites (tertiary alicyclic amines) is 2. The number of hydrogen-bond donors (Lipinski definition) is 1. The summed E-state index contributed by atoms with van der Waals surface area (Å²) in [6, 6.07) is 6.34. The van der Waals surface area contributed by atoms with Gasteiger partial charge in [-0.1, -0.05) is 34.1 Å². The van der Waals surface area contributed by atoms with Gasteiger partial charge in [0.05, 0.1) is 5.69 Å². The Labute approximate surface area is 271 Å². The van der Waals surface area contributed by atoms with Crippen molar-refractivity contribution in [3.63, 3.8) is 0 Å². The molecule has 0 radical (unpaired) electrons. The Morgan fingerprint density at radius 2 is 1.57 bits per heavy atom. The number of hydrogen-bond acceptors (Lipinski definition) is 4. The molecule has 0 saturated carbocycles. The quantitative estimate of drug-likeness (QED) is 0.289. The minimum atomic E-state index is 0.172. The third kappa shape index (κ3) is 7.59. The van der Waals surface area contributed by atoms with Crippen LogP contribution in [0.1, 0.15) is 86.1 Å². The highest BCUT2D eigenvalue weighted by Crippen LogP contribution is 2.46. The standard InChI is InChI=1S/C33H41Br2ClN4O2/c1-21(37)4-2-3-5-29(41)39-12-8-22(9-13-39)16-30(42)40-14-10-23(11-15-40)32-31-24(18-27(36)19-28(31)35)6-7-25-17-26(34)20-38-33(25)32/h17-20,22-23,32H,1-16,37H2/t32-/m1/s1. The van der Waals surface area contributed by atoms with Gasteiger partial charge < -0.3 is 15.5 Å². The number of amides is 2. The molecule has 1 aliphatic carbocycles. The molecule has 2 aliphatic heterocycles. The number of carbonyl (C=O) groups is 2. The number of fused-ring (bicyclic) bond motifs is 2. The lowest BCUT2D eigenvalue weighted by Crippen LogP contribution is -2.43. The number of unbranched alkanes of at least 4 members (excludes halogenated alkanes) is 1. The molecule has 226 valence electrons. The van der Waals surface area contributed by atoms with Crippen LogP contribution in [0, 0.1) is 11.8 Å². The van der Waals surface area contributed by atoms with Crippen LogP contribution in [0.2, 0.25) is 5.02 Å². The van der Waals surface area contributed by atoms with Crippen LogP contribution in [0.3, 0.4) is 0 Å². The minimum Gasteiger partial charge on any atom is -0.403 e. The minimum absolute atomic E-state index is 0.172. The molecule has 2 N–H and O–H groups in total. The van der Waals surface area contributed by atoms with Crippen LogP contribution in [0.5, 0.6) is 0 Å². The van der Waals surface area contributed by atoms with Crippen LogP contribution in [0.15, 0.2) is 45.6 Å². The highest BCUT2D eigenvalue weighted by Gasteiger charge is 2.37. The summed E-state index contributed by atoms with van der Waals surface area (Å²) in [5.41, 5.74) is 11.4. The average Bonchev–Trinajstić information content (AvgIpc) is 3.12. The van der Waals surface area contributed by atoms with Gasteiger partial charge in [-0.05, 0) is 120 Å². The number of aromatic nitrogens is 1. The maximum atomic E-state index is 13.4. The Bertz CT molecular complexity index is 1320. The van der Waals surface area contributed by atoms with Crippen molar-refractivity contribution in [2.45, 2.75) is 76.5 Å². The summed E-state index contributed by atoms with van der Waals surface area (Å²) in [4.78, 5) is 35.0. The predicted molar refractivity (Wildman–Crippen MR) is 175 cm³/mol. The van der Waals surface area contributed by atoms with Crippen LogP contribution >= 0.6 is 43.5 Å².